The molecule has 2 atom stereocenters. The number of hydrogen-bond donors (Lipinski definition) is 2. The van der Waals surface area contributed by atoms with Crippen LogP contribution in [0.25, 0.3) is 0 Å². The van der Waals surface area contributed by atoms with Crippen molar-refractivity contribution in [1.82, 2.24) is 4.72 Å². The molecular formula is C13H18F3NO3S. The lowest BCUT2D eigenvalue weighted by Crippen LogP contribution is -2.31. The normalized spacial score (nSPS) is 15.7. The van der Waals surface area contributed by atoms with Crippen molar-refractivity contribution in [1.29, 1.82) is 0 Å². The average Bonchev–Trinajstić information content (AvgIpc) is 2.35. The summed E-state index contributed by atoms with van der Waals surface area (Å²) in [7, 11) is -4.26. The van der Waals surface area contributed by atoms with E-state index in [4.69, 9.17) is 0 Å². The maximum absolute atomic E-state index is 12.8. The monoisotopic (exact) mass is 325 g/mol. The first-order valence-corrected chi connectivity index (χ1v) is 7.86. The molecule has 0 aliphatic carbocycles. The van der Waals surface area contributed by atoms with Crippen LogP contribution in [0.4, 0.5) is 13.2 Å². The third-order valence-corrected chi connectivity index (χ3v) is 4.33. The van der Waals surface area contributed by atoms with Crippen molar-refractivity contribution in [3.63, 3.8) is 0 Å². The van der Waals surface area contributed by atoms with Crippen LogP contribution >= 0.6 is 0 Å². The molecule has 0 saturated carbocycles. The Balaban J connectivity index is 2.94. The summed E-state index contributed by atoms with van der Waals surface area (Å²) >= 11 is 0. The van der Waals surface area contributed by atoms with Crippen LogP contribution in [0.2, 0.25) is 0 Å². The van der Waals surface area contributed by atoms with Gasteiger partial charge in [-0.05, 0) is 31.4 Å². The largest absolute Gasteiger partial charge is 0.417 e. The van der Waals surface area contributed by atoms with E-state index in [0.29, 0.717) is 6.42 Å². The lowest BCUT2D eigenvalue weighted by molar-refractivity contribution is -0.139. The Bertz CT molecular complexity index is 570. The number of aliphatic hydroxyl groups excluding tert-OH is 1. The zero-order valence-corrected chi connectivity index (χ0v) is 12.5. The Morgan fingerprint density at radius 2 is 1.81 bits per heavy atom. The van der Waals surface area contributed by atoms with Crippen molar-refractivity contribution in [3.8, 4) is 0 Å². The number of nitrogens with one attached hydrogen (secondary N) is 1. The molecule has 8 heteroatoms. The molecule has 1 rings (SSSR count). The molecule has 0 fully saturated rings. The number of aliphatic hydroxyl groups is 1. The van der Waals surface area contributed by atoms with Gasteiger partial charge in [-0.2, -0.15) is 13.2 Å². The van der Waals surface area contributed by atoms with Gasteiger partial charge in [-0.25, -0.2) is 13.1 Å². The minimum Gasteiger partial charge on any atom is -0.393 e. The van der Waals surface area contributed by atoms with Crippen LogP contribution in [0.1, 0.15) is 25.8 Å². The molecule has 2 N–H and O–H groups in total. The smallest absolute Gasteiger partial charge is 0.393 e. The molecule has 21 heavy (non-hydrogen) atoms. The van der Waals surface area contributed by atoms with Crippen LogP contribution in [0.5, 0.6) is 0 Å². The summed E-state index contributed by atoms with van der Waals surface area (Å²) in [4.78, 5) is -0.790. The highest BCUT2D eigenvalue weighted by Crippen LogP contribution is 2.33. The Morgan fingerprint density at radius 1 is 1.24 bits per heavy atom. The first-order valence-electron chi connectivity index (χ1n) is 6.38. The molecule has 4 nitrogen and oxygen atoms in total. The van der Waals surface area contributed by atoms with Gasteiger partial charge in [0, 0.05) is 6.54 Å². The van der Waals surface area contributed by atoms with Crippen LogP contribution in [0.15, 0.2) is 29.2 Å². The maximum atomic E-state index is 12.8. The standard InChI is InChI=1S/C13H18F3NO3S/c1-9(7-10(2)18)8-17-21(19,20)12-6-4-3-5-11(12)13(14,15)16/h3-6,9-10,17-18H,7-8H2,1-2H3. The lowest BCUT2D eigenvalue weighted by atomic mass is 10.1. The first-order chi connectivity index (χ1) is 9.54. The highest BCUT2D eigenvalue weighted by Gasteiger charge is 2.36. The Morgan fingerprint density at radius 3 is 2.33 bits per heavy atom. The van der Waals surface area contributed by atoms with Crippen LogP contribution in [0, 0.1) is 5.92 Å². The molecule has 0 radical (unpaired) electrons. The van der Waals surface area contributed by atoms with Gasteiger partial charge in [0.25, 0.3) is 0 Å². The summed E-state index contributed by atoms with van der Waals surface area (Å²) in [5, 5.41) is 9.19. The predicted molar refractivity (Wildman–Crippen MR) is 72.1 cm³/mol. The van der Waals surface area contributed by atoms with E-state index in [1.807, 2.05) is 0 Å². The molecule has 0 aliphatic rings. The van der Waals surface area contributed by atoms with Crippen molar-refractivity contribution in [3.05, 3.63) is 29.8 Å². The van der Waals surface area contributed by atoms with Crippen molar-refractivity contribution in [2.45, 2.75) is 37.4 Å². The predicted octanol–water partition coefficient (Wildman–Crippen LogP) is 2.39. The molecule has 120 valence electrons. The molecule has 1 aromatic carbocycles. The van der Waals surface area contributed by atoms with E-state index in [1.54, 1.807) is 13.8 Å². The first kappa shape index (κ1) is 17.9. The van der Waals surface area contributed by atoms with Crippen LogP contribution in [-0.2, 0) is 16.2 Å². The van der Waals surface area contributed by atoms with Gasteiger partial charge in [0.05, 0.1) is 16.6 Å². The van der Waals surface area contributed by atoms with Gasteiger partial charge in [-0.1, -0.05) is 19.1 Å². The molecule has 0 saturated heterocycles. The van der Waals surface area contributed by atoms with Gasteiger partial charge in [0.1, 0.15) is 0 Å². The Kier molecular flexibility index (Phi) is 5.77. The summed E-state index contributed by atoms with van der Waals surface area (Å²) in [5.41, 5.74) is -1.19. The van der Waals surface area contributed by atoms with Crippen LogP contribution in [0.3, 0.4) is 0 Å². The number of sulfonamides is 1. The molecule has 0 amide bonds. The van der Waals surface area contributed by atoms with E-state index < -0.39 is 32.8 Å². The van der Waals surface area contributed by atoms with Gasteiger partial charge >= 0.3 is 6.18 Å². The number of benzene rings is 1. The fourth-order valence-electron chi connectivity index (χ4n) is 1.93. The summed E-state index contributed by atoms with van der Waals surface area (Å²) in [6.07, 6.45) is -4.99. The van der Waals surface area contributed by atoms with Crippen molar-refractivity contribution >= 4 is 10.0 Å². The third-order valence-electron chi connectivity index (χ3n) is 2.85. The number of hydrogen-bond acceptors (Lipinski definition) is 3. The summed E-state index contributed by atoms with van der Waals surface area (Å²) in [5.74, 6) is -0.196. The van der Waals surface area contributed by atoms with Gasteiger partial charge in [-0.15, -0.1) is 0 Å². The topological polar surface area (TPSA) is 66.4 Å². The fraction of sp³-hybridized carbons (Fsp3) is 0.538. The van der Waals surface area contributed by atoms with Crippen LogP contribution in [-0.4, -0.2) is 26.2 Å². The SMILES string of the molecule is CC(O)CC(C)CNS(=O)(=O)c1ccccc1C(F)(F)F. The van der Waals surface area contributed by atoms with E-state index in [0.717, 1.165) is 18.2 Å². The van der Waals surface area contributed by atoms with E-state index >= 15 is 0 Å². The zero-order chi connectivity index (χ0) is 16.3. The highest BCUT2D eigenvalue weighted by molar-refractivity contribution is 7.89. The van der Waals surface area contributed by atoms with Gasteiger partial charge in [0.15, 0.2) is 0 Å². The van der Waals surface area contributed by atoms with E-state index in [1.165, 1.54) is 6.07 Å². The molecular weight excluding hydrogens is 307 g/mol. The molecule has 0 spiro atoms. The minimum absolute atomic E-state index is 0.0422. The lowest BCUT2D eigenvalue weighted by Gasteiger charge is -2.16. The second-order valence-corrected chi connectivity index (χ2v) is 6.77. The van der Waals surface area contributed by atoms with E-state index in [9.17, 15) is 26.7 Å². The summed E-state index contributed by atoms with van der Waals surface area (Å²) in [6.45, 7) is 3.22. The quantitative estimate of drug-likeness (QED) is 0.844. The van der Waals surface area contributed by atoms with Crippen molar-refractivity contribution in [2.75, 3.05) is 6.54 Å². The van der Waals surface area contributed by atoms with Crippen molar-refractivity contribution in [2.24, 2.45) is 5.92 Å². The van der Waals surface area contributed by atoms with Gasteiger partial charge in [-0.3, -0.25) is 0 Å². The maximum Gasteiger partial charge on any atom is 0.417 e. The molecule has 0 heterocycles. The van der Waals surface area contributed by atoms with Crippen LogP contribution < -0.4 is 4.72 Å². The van der Waals surface area contributed by atoms with Gasteiger partial charge < -0.3 is 5.11 Å². The van der Waals surface area contributed by atoms with Gasteiger partial charge in [0.2, 0.25) is 10.0 Å². The third kappa shape index (κ3) is 5.29. The molecule has 2 unspecified atom stereocenters. The highest BCUT2D eigenvalue weighted by atomic mass is 32.2. The summed E-state index contributed by atoms with van der Waals surface area (Å²) < 4.78 is 64.7. The molecule has 1 aromatic rings. The second-order valence-electron chi connectivity index (χ2n) is 5.04. The molecule has 0 aromatic heterocycles. The molecule has 0 aliphatic heterocycles. The fourth-order valence-corrected chi connectivity index (χ4v) is 3.32. The Labute approximate surface area is 122 Å². The van der Waals surface area contributed by atoms with E-state index in [-0.39, 0.29) is 12.5 Å². The number of rotatable bonds is 6. The summed E-state index contributed by atoms with van der Waals surface area (Å²) in [6, 6.07) is 4.03. The average molecular weight is 325 g/mol. The Hall–Kier alpha value is -1.12. The number of alkyl halides is 3. The zero-order valence-electron chi connectivity index (χ0n) is 11.7. The minimum atomic E-state index is -4.74. The van der Waals surface area contributed by atoms with Crippen molar-refractivity contribution < 1.29 is 26.7 Å². The van der Waals surface area contributed by atoms with E-state index in [2.05, 4.69) is 4.72 Å². The number of halogens is 3. The molecule has 0 bridgehead atoms. The second kappa shape index (κ2) is 6.76.